The lowest BCUT2D eigenvalue weighted by molar-refractivity contribution is -0.132. The molecule has 19 heavy (non-hydrogen) atoms. The standard InChI is InChI=1S/C11H14N6O2/c1-16-6-7(2-5-10(16)18)12-8-3-4-9-13-14-11(19)17(9)15-8/h3-4,7H,2,5-6H2,1H3,(H,12,15)(H,14,19). The van der Waals surface area contributed by atoms with Crippen molar-refractivity contribution in [2.75, 3.05) is 18.9 Å². The minimum absolute atomic E-state index is 0.148. The van der Waals surface area contributed by atoms with Gasteiger partial charge in [-0.15, -0.1) is 5.10 Å². The highest BCUT2D eigenvalue weighted by Gasteiger charge is 2.22. The van der Waals surface area contributed by atoms with Crippen molar-refractivity contribution in [3.05, 3.63) is 22.6 Å². The molecule has 0 radical (unpaired) electrons. The molecule has 1 aliphatic rings. The highest BCUT2D eigenvalue weighted by atomic mass is 16.2. The van der Waals surface area contributed by atoms with E-state index in [0.29, 0.717) is 24.4 Å². The zero-order valence-electron chi connectivity index (χ0n) is 10.5. The largest absolute Gasteiger partial charge is 0.364 e. The van der Waals surface area contributed by atoms with Gasteiger partial charge in [0.2, 0.25) is 5.91 Å². The van der Waals surface area contributed by atoms with E-state index in [1.165, 1.54) is 4.52 Å². The number of nitrogens with zero attached hydrogens (tertiary/aromatic N) is 4. The third kappa shape index (κ3) is 2.16. The molecule has 2 aromatic heterocycles. The number of aromatic nitrogens is 4. The van der Waals surface area contributed by atoms with Crippen LogP contribution in [0.15, 0.2) is 16.9 Å². The molecule has 1 saturated heterocycles. The van der Waals surface area contributed by atoms with Crippen molar-refractivity contribution < 1.29 is 4.79 Å². The summed E-state index contributed by atoms with van der Waals surface area (Å²) in [6, 6.07) is 3.63. The second-order valence-electron chi connectivity index (χ2n) is 4.67. The summed E-state index contributed by atoms with van der Waals surface area (Å²) in [5.41, 5.74) is 0.112. The third-order valence-corrected chi connectivity index (χ3v) is 3.25. The fourth-order valence-electron chi connectivity index (χ4n) is 2.22. The number of H-pyrrole nitrogens is 1. The van der Waals surface area contributed by atoms with Crippen molar-refractivity contribution in [2.45, 2.75) is 18.9 Å². The van der Waals surface area contributed by atoms with Crippen LogP contribution in [0.5, 0.6) is 0 Å². The van der Waals surface area contributed by atoms with Crippen molar-refractivity contribution in [2.24, 2.45) is 0 Å². The van der Waals surface area contributed by atoms with Crippen molar-refractivity contribution >= 4 is 17.4 Å². The Morgan fingerprint density at radius 3 is 3.05 bits per heavy atom. The number of fused-ring (bicyclic) bond motifs is 1. The third-order valence-electron chi connectivity index (χ3n) is 3.25. The second kappa shape index (κ2) is 4.38. The van der Waals surface area contributed by atoms with Gasteiger partial charge >= 0.3 is 5.69 Å². The number of hydrogen-bond acceptors (Lipinski definition) is 5. The molecule has 0 aromatic carbocycles. The maximum Gasteiger partial charge on any atom is 0.364 e. The predicted molar refractivity (Wildman–Crippen MR) is 67.9 cm³/mol. The minimum atomic E-state index is -0.366. The van der Waals surface area contributed by atoms with Crippen LogP contribution in [0, 0.1) is 0 Å². The van der Waals surface area contributed by atoms with Crippen LogP contribution in [-0.4, -0.2) is 50.3 Å². The summed E-state index contributed by atoms with van der Waals surface area (Å²) in [6.07, 6.45) is 1.30. The number of likely N-dealkylation sites (N-methyl/N-ethyl adjacent to an activating group) is 1. The van der Waals surface area contributed by atoms with Crippen molar-refractivity contribution in [1.82, 2.24) is 24.7 Å². The van der Waals surface area contributed by atoms with Crippen LogP contribution in [0.2, 0.25) is 0 Å². The molecule has 1 unspecified atom stereocenters. The maximum atomic E-state index is 11.4. The first-order chi connectivity index (χ1) is 9.13. The molecular formula is C11H14N6O2. The molecule has 0 saturated carbocycles. The molecule has 1 atom stereocenters. The van der Waals surface area contributed by atoms with Crippen LogP contribution in [0.4, 0.5) is 5.82 Å². The number of aromatic amines is 1. The molecule has 2 N–H and O–H groups in total. The van der Waals surface area contributed by atoms with Crippen molar-refractivity contribution in [1.29, 1.82) is 0 Å². The van der Waals surface area contributed by atoms with Crippen LogP contribution < -0.4 is 11.0 Å². The summed E-state index contributed by atoms with van der Waals surface area (Å²) in [5.74, 6) is 0.760. The van der Waals surface area contributed by atoms with Crippen molar-refractivity contribution in [3.8, 4) is 0 Å². The number of piperidine rings is 1. The van der Waals surface area contributed by atoms with Gasteiger partial charge in [-0.1, -0.05) is 0 Å². The molecule has 0 spiro atoms. The summed E-state index contributed by atoms with van der Waals surface area (Å²) in [6.45, 7) is 0.638. The Morgan fingerprint density at radius 1 is 1.42 bits per heavy atom. The Hall–Kier alpha value is -2.38. The Morgan fingerprint density at radius 2 is 2.26 bits per heavy atom. The second-order valence-corrected chi connectivity index (χ2v) is 4.67. The zero-order valence-corrected chi connectivity index (χ0v) is 10.5. The van der Waals surface area contributed by atoms with Crippen molar-refractivity contribution in [3.63, 3.8) is 0 Å². The van der Waals surface area contributed by atoms with Crippen LogP contribution in [-0.2, 0) is 4.79 Å². The number of amides is 1. The zero-order chi connectivity index (χ0) is 13.4. The topological polar surface area (TPSA) is 95.4 Å². The molecule has 100 valence electrons. The van der Waals surface area contributed by atoms with E-state index in [4.69, 9.17) is 0 Å². The first-order valence-electron chi connectivity index (χ1n) is 6.08. The molecule has 3 heterocycles. The lowest BCUT2D eigenvalue weighted by Crippen LogP contribution is -2.43. The van der Waals surface area contributed by atoms with Gasteiger partial charge in [0.05, 0.1) is 0 Å². The van der Waals surface area contributed by atoms with Gasteiger partial charge in [0.1, 0.15) is 5.82 Å². The average Bonchev–Trinajstić information content (AvgIpc) is 2.76. The van der Waals surface area contributed by atoms with Gasteiger partial charge in [-0.25, -0.2) is 9.89 Å². The number of hydrogen-bond donors (Lipinski definition) is 2. The van der Waals surface area contributed by atoms with Gasteiger partial charge in [-0.2, -0.15) is 9.61 Å². The molecule has 8 heteroatoms. The Balaban J connectivity index is 1.79. The first-order valence-corrected chi connectivity index (χ1v) is 6.08. The summed E-state index contributed by atoms with van der Waals surface area (Å²) in [7, 11) is 1.79. The molecule has 3 rings (SSSR count). The summed E-state index contributed by atoms with van der Waals surface area (Å²) in [5, 5.41) is 13.5. The molecule has 0 bridgehead atoms. The molecule has 1 amide bonds. The highest BCUT2D eigenvalue weighted by Crippen LogP contribution is 2.14. The normalized spacial score (nSPS) is 19.9. The van der Waals surface area contributed by atoms with E-state index in [-0.39, 0.29) is 17.6 Å². The van der Waals surface area contributed by atoms with Crippen LogP contribution >= 0.6 is 0 Å². The monoisotopic (exact) mass is 262 g/mol. The fraction of sp³-hybridized carbons (Fsp3) is 0.455. The number of nitrogens with one attached hydrogen (secondary N) is 2. The molecule has 2 aromatic rings. The van der Waals surface area contributed by atoms with Gasteiger partial charge in [0.25, 0.3) is 0 Å². The fourth-order valence-corrected chi connectivity index (χ4v) is 2.22. The van der Waals surface area contributed by atoms with E-state index < -0.39 is 0 Å². The molecule has 1 aliphatic heterocycles. The number of carbonyl (C=O) groups excluding carboxylic acids is 1. The SMILES string of the molecule is CN1CC(Nc2ccc3n[nH]c(=O)n3n2)CCC1=O. The number of rotatable bonds is 2. The smallest absolute Gasteiger partial charge is 0.364 e. The lowest BCUT2D eigenvalue weighted by Gasteiger charge is -2.30. The lowest BCUT2D eigenvalue weighted by atomic mass is 10.1. The predicted octanol–water partition coefficient (Wildman–Crippen LogP) is -0.550. The van der Waals surface area contributed by atoms with E-state index in [2.05, 4.69) is 20.6 Å². The maximum absolute atomic E-state index is 11.4. The van der Waals surface area contributed by atoms with E-state index in [1.54, 1.807) is 24.1 Å². The Labute approximate surface area is 108 Å². The van der Waals surface area contributed by atoms with Gasteiger partial charge in [0.15, 0.2) is 5.65 Å². The first kappa shape index (κ1) is 11.7. The average molecular weight is 262 g/mol. The Kier molecular flexibility index (Phi) is 2.69. The van der Waals surface area contributed by atoms with E-state index in [9.17, 15) is 9.59 Å². The summed E-state index contributed by atoms with van der Waals surface area (Å²) in [4.78, 5) is 24.5. The van der Waals surface area contributed by atoms with E-state index in [0.717, 1.165) is 6.42 Å². The van der Waals surface area contributed by atoms with Gasteiger partial charge in [0, 0.05) is 26.1 Å². The number of likely N-dealkylation sites (tertiary alicyclic amines) is 1. The minimum Gasteiger partial charge on any atom is -0.364 e. The summed E-state index contributed by atoms with van der Waals surface area (Å²) < 4.78 is 1.21. The highest BCUT2D eigenvalue weighted by molar-refractivity contribution is 5.77. The van der Waals surface area contributed by atoms with Gasteiger partial charge in [-0.3, -0.25) is 4.79 Å². The Bertz CT molecular complexity index is 675. The van der Waals surface area contributed by atoms with Gasteiger partial charge < -0.3 is 10.2 Å². The number of carbonyl (C=O) groups is 1. The molecular weight excluding hydrogens is 248 g/mol. The number of anilines is 1. The van der Waals surface area contributed by atoms with Crippen LogP contribution in [0.25, 0.3) is 5.65 Å². The molecule has 0 aliphatic carbocycles. The quantitative estimate of drug-likeness (QED) is 0.757. The summed E-state index contributed by atoms with van der Waals surface area (Å²) >= 11 is 0. The van der Waals surface area contributed by atoms with E-state index in [1.807, 2.05) is 0 Å². The van der Waals surface area contributed by atoms with Crippen LogP contribution in [0.1, 0.15) is 12.8 Å². The van der Waals surface area contributed by atoms with Crippen LogP contribution in [0.3, 0.4) is 0 Å². The van der Waals surface area contributed by atoms with Gasteiger partial charge in [-0.05, 0) is 18.6 Å². The molecule has 8 nitrogen and oxygen atoms in total. The van der Waals surface area contributed by atoms with E-state index >= 15 is 0 Å². The molecule has 1 fully saturated rings.